The van der Waals surface area contributed by atoms with Crippen LogP contribution in [0.5, 0.6) is 0 Å². The number of hydrogen-bond acceptors (Lipinski definition) is 1. The first-order valence-electron chi connectivity index (χ1n) is 5.12. The van der Waals surface area contributed by atoms with E-state index in [1.165, 1.54) is 0 Å². The number of nitrogens with zero attached hydrogens (tertiary/aromatic N) is 2. The number of amides is 2. The molecular formula is C12H18N2O. The van der Waals surface area contributed by atoms with Crippen LogP contribution in [0.4, 0.5) is 4.79 Å². The number of hydrogen-bond donors (Lipinski definition) is 0. The van der Waals surface area contributed by atoms with Crippen molar-refractivity contribution in [2.24, 2.45) is 0 Å². The van der Waals surface area contributed by atoms with E-state index in [4.69, 9.17) is 0 Å². The van der Waals surface area contributed by atoms with Crippen LogP contribution in [0.1, 0.15) is 6.42 Å². The molecule has 0 aromatic heterocycles. The maximum atomic E-state index is 11.9. The Morgan fingerprint density at radius 3 is 2.40 bits per heavy atom. The first-order valence-corrected chi connectivity index (χ1v) is 5.12. The minimum atomic E-state index is 0.0710. The Labute approximate surface area is 91.4 Å². The van der Waals surface area contributed by atoms with Gasteiger partial charge in [0.2, 0.25) is 0 Å². The summed E-state index contributed by atoms with van der Waals surface area (Å²) < 4.78 is 0. The molecule has 82 valence electrons. The monoisotopic (exact) mass is 206 g/mol. The molecule has 1 aliphatic rings. The molecule has 1 aliphatic heterocycles. The van der Waals surface area contributed by atoms with Gasteiger partial charge >= 0.3 is 6.03 Å². The molecule has 1 unspecified atom stereocenters. The quantitative estimate of drug-likeness (QED) is 0.610. The highest BCUT2D eigenvalue weighted by atomic mass is 16.2. The van der Waals surface area contributed by atoms with E-state index >= 15 is 0 Å². The molecule has 15 heavy (non-hydrogen) atoms. The normalized spacial score (nSPS) is 20.5. The molecule has 0 N–H and O–H groups in total. The molecule has 1 heterocycles. The third-order valence-electron chi connectivity index (χ3n) is 2.50. The van der Waals surface area contributed by atoms with Crippen LogP contribution in [0.2, 0.25) is 0 Å². The zero-order chi connectivity index (χ0) is 11.3. The van der Waals surface area contributed by atoms with E-state index in [1.807, 2.05) is 11.0 Å². The molecule has 1 saturated heterocycles. The summed E-state index contributed by atoms with van der Waals surface area (Å²) in [6.45, 7) is 13.0. The minimum absolute atomic E-state index is 0.0710. The van der Waals surface area contributed by atoms with Crippen molar-refractivity contribution in [2.45, 2.75) is 12.5 Å². The van der Waals surface area contributed by atoms with Crippen molar-refractivity contribution in [1.82, 2.24) is 9.80 Å². The summed E-state index contributed by atoms with van der Waals surface area (Å²) in [6, 6.07) is 0.301. The van der Waals surface area contributed by atoms with Gasteiger partial charge in [0.15, 0.2) is 0 Å². The average molecular weight is 206 g/mol. The summed E-state index contributed by atoms with van der Waals surface area (Å²) in [5.41, 5.74) is 0. The van der Waals surface area contributed by atoms with Gasteiger partial charge in [-0.25, -0.2) is 4.79 Å². The lowest BCUT2D eigenvalue weighted by Crippen LogP contribution is -2.34. The van der Waals surface area contributed by atoms with Crippen molar-refractivity contribution in [1.29, 1.82) is 0 Å². The van der Waals surface area contributed by atoms with E-state index in [1.54, 1.807) is 17.1 Å². The fourth-order valence-electron chi connectivity index (χ4n) is 1.84. The van der Waals surface area contributed by atoms with Gasteiger partial charge in [-0.1, -0.05) is 18.2 Å². The second kappa shape index (κ2) is 5.39. The Balaban J connectivity index is 2.71. The van der Waals surface area contributed by atoms with E-state index in [-0.39, 0.29) is 12.1 Å². The van der Waals surface area contributed by atoms with E-state index in [0.717, 1.165) is 13.0 Å². The predicted octanol–water partition coefficient (Wildman–Crippen LogP) is 2.04. The van der Waals surface area contributed by atoms with E-state index < -0.39 is 0 Å². The smallest absolute Gasteiger partial charge is 0.319 e. The number of urea groups is 1. The van der Waals surface area contributed by atoms with Crippen molar-refractivity contribution in [3.8, 4) is 0 Å². The Morgan fingerprint density at radius 1 is 1.20 bits per heavy atom. The molecule has 0 aromatic carbocycles. The van der Waals surface area contributed by atoms with Gasteiger partial charge < -0.3 is 9.80 Å². The largest absolute Gasteiger partial charge is 0.320 e. The van der Waals surface area contributed by atoms with Gasteiger partial charge in [-0.3, -0.25) is 0 Å². The molecule has 2 amide bonds. The van der Waals surface area contributed by atoms with E-state index in [9.17, 15) is 4.79 Å². The van der Waals surface area contributed by atoms with Crippen LogP contribution in [-0.4, -0.2) is 41.5 Å². The summed E-state index contributed by atoms with van der Waals surface area (Å²) in [5, 5.41) is 0. The van der Waals surface area contributed by atoms with Crippen LogP contribution < -0.4 is 0 Å². The standard InChI is InChI=1S/C12H18N2O/c1-4-7-11-10-13(8-5-2)12(15)14(11)9-6-3/h4-6,11H,1-3,7-10H2. The summed E-state index contributed by atoms with van der Waals surface area (Å²) >= 11 is 0. The Bertz CT molecular complexity index is 273. The summed E-state index contributed by atoms with van der Waals surface area (Å²) in [6.07, 6.45) is 6.18. The average Bonchev–Trinajstić information content (AvgIpc) is 2.49. The minimum Gasteiger partial charge on any atom is -0.319 e. The topological polar surface area (TPSA) is 23.6 Å². The van der Waals surface area contributed by atoms with Crippen LogP contribution in [0.15, 0.2) is 38.0 Å². The van der Waals surface area contributed by atoms with Crippen molar-refractivity contribution >= 4 is 6.03 Å². The third-order valence-corrected chi connectivity index (χ3v) is 2.50. The maximum absolute atomic E-state index is 11.9. The molecule has 3 nitrogen and oxygen atoms in total. The van der Waals surface area contributed by atoms with Crippen LogP contribution in [0.25, 0.3) is 0 Å². The van der Waals surface area contributed by atoms with Gasteiger partial charge in [-0.05, 0) is 6.42 Å². The molecule has 0 bridgehead atoms. The van der Waals surface area contributed by atoms with Gasteiger partial charge in [0.25, 0.3) is 0 Å². The van der Waals surface area contributed by atoms with Crippen LogP contribution in [-0.2, 0) is 0 Å². The first kappa shape index (κ1) is 11.6. The highest BCUT2D eigenvalue weighted by molar-refractivity contribution is 5.77. The van der Waals surface area contributed by atoms with Gasteiger partial charge in [0, 0.05) is 19.6 Å². The molecule has 0 aliphatic carbocycles. The summed E-state index contributed by atoms with van der Waals surface area (Å²) in [5.74, 6) is 0. The number of carbonyl (C=O) groups excluding carboxylic acids is 1. The molecule has 1 rings (SSSR count). The fourth-order valence-corrected chi connectivity index (χ4v) is 1.84. The van der Waals surface area contributed by atoms with Gasteiger partial charge in [0.1, 0.15) is 0 Å². The highest BCUT2D eigenvalue weighted by Gasteiger charge is 2.34. The van der Waals surface area contributed by atoms with Crippen molar-refractivity contribution < 1.29 is 4.79 Å². The number of rotatable bonds is 6. The fraction of sp³-hybridized carbons (Fsp3) is 0.417. The van der Waals surface area contributed by atoms with Crippen LogP contribution >= 0.6 is 0 Å². The lowest BCUT2D eigenvalue weighted by Gasteiger charge is -2.20. The zero-order valence-electron chi connectivity index (χ0n) is 9.06. The van der Waals surface area contributed by atoms with Gasteiger partial charge in [-0.2, -0.15) is 0 Å². The SMILES string of the molecule is C=CCC1CN(CC=C)C(=O)N1CC=C. The van der Waals surface area contributed by atoms with Gasteiger partial charge in [-0.15, -0.1) is 19.7 Å². The predicted molar refractivity (Wildman–Crippen MR) is 62.7 cm³/mol. The van der Waals surface area contributed by atoms with Crippen molar-refractivity contribution in [3.05, 3.63) is 38.0 Å². The first-order chi connectivity index (χ1) is 7.24. The molecule has 1 atom stereocenters. The molecule has 0 saturated carbocycles. The Kier molecular flexibility index (Phi) is 4.16. The molecule has 0 spiro atoms. The van der Waals surface area contributed by atoms with E-state index in [2.05, 4.69) is 19.7 Å². The second-order valence-corrected chi connectivity index (χ2v) is 3.60. The molecule has 1 fully saturated rings. The highest BCUT2D eigenvalue weighted by Crippen LogP contribution is 2.18. The van der Waals surface area contributed by atoms with Crippen LogP contribution in [0.3, 0.4) is 0 Å². The van der Waals surface area contributed by atoms with Gasteiger partial charge in [0.05, 0.1) is 6.04 Å². The van der Waals surface area contributed by atoms with E-state index in [0.29, 0.717) is 13.1 Å². The second-order valence-electron chi connectivity index (χ2n) is 3.60. The Hall–Kier alpha value is -1.51. The van der Waals surface area contributed by atoms with Crippen molar-refractivity contribution in [3.63, 3.8) is 0 Å². The molecule has 0 radical (unpaired) electrons. The number of carbonyl (C=O) groups is 1. The Morgan fingerprint density at radius 2 is 1.87 bits per heavy atom. The maximum Gasteiger partial charge on any atom is 0.320 e. The zero-order valence-corrected chi connectivity index (χ0v) is 9.06. The molecule has 0 aromatic rings. The van der Waals surface area contributed by atoms with Crippen LogP contribution in [0, 0.1) is 0 Å². The lowest BCUT2D eigenvalue weighted by molar-refractivity contribution is 0.194. The third kappa shape index (κ3) is 2.49. The summed E-state index contributed by atoms with van der Waals surface area (Å²) in [4.78, 5) is 15.5. The molecular weight excluding hydrogens is 188 g/mol. The van der Waals surface area contributed by atoms with Crippen molar-refractivity contribution in [2.75, 3.05) is 19.6 Å². The summed E-state index contributed by atoms with van der Waals surface area (Å²) in [7, 11) is 0. The lowest BCUT2D eigenvalue weighted by atomic mass is 10.2. The molecule has 3 heteroatoms.